The second-order valence-corrected chi connectivity index (χ2v) is 3.07. The predicted octanol–water partition coefficient (Wildman–Crippen LogP) is 3.02. The Morgan fingerprint density at radius 2 is 1.47 bits per heavy atom. The molecule has 3 aromatic heterocycles. The fourth-order valence-corrected chi connectivity index (χ4v) is 1.29. The van der Waals surface area contributed by atoms with Crippen molar-refractivity contribution in [3.63, 3.8) is 0 Å². The standard InChI is InChI=1S/C8H7N.C5H5N/c1-2-6-9-7-3-5-8(9)4-1;1-2-4-6-5-3-1/h1-7H;1-5H. The fraction of sp³-hybridized carbons (Fsp3) is 0. The lowest BCUT2D eigenvalue weighted by molar-refractivity contribution is 1.20. The van der Waals surface area contributed by atoms with Gasteiger partial charge in [-0.3, -0.25) is 4.98 Å². The van der Waals surface area contributed by atoms with Crippen molar-refractivity contribution in [3.8, 4) is 0 Å². The molecule has 0 saturated heterocycles. The first-order valence-corrected chi connectivity index (χ1v) is 4.83. The highest BCUT2D eigenvalue weighted by molar-refractivity contribution is 5.46. The van der Waals surface area contributed by atoms with Crippen molar-refractivity contribution in [1.29, 1.82) is 0 Å². The maximum atomic E-state index is 3.78. The molecule has 2 nitrogen and oxygen atoms in total. The van der Waals surface area contributed by atoms with Gasteiger partial charge in [-0.15, -0.1) is 0 Å². The van der Waals surface area contributed by atoms with Crippen LogP contribution in [0, 0.1) is 0 Å². The van der Waals surface area contributed by atoms with Crippen LogP contribution in [0.25, 0.3) is 5.52 Å². The lowest BCUT2D eigenvalue weighted by atomic mass is 10.4. The average molecular weight is 196 g/mol. The van der Waals surface area contributed by atoms with Crippen molar-refractivity contribution in [3.05, 3.63) is 73.3 Å². The number of rotatable bonds is 0. The van der Waals surface area contributed by atoms with Crippen molar-refractivity contribution in [2.24, 2.45) is 0 Å². The summed E-state index contributed by atoms with van der Waals surface area (Å²) >= 11 is 0. The first-order valence-electron chi connectivity index (χ1n) is 4.83. The van der Waals surface area contributed by atoms with Gasteiger partial charge in [0.25, 0.3) is 0 Å². The maximum Gasteiger partial charge on any atom is 0.0449 e. The van der Waals surface area contributed by atoms with Crippen molar-refractivity contribution in [2.75, 3.05) is 0 Å². The van der Waals surface area contributed by atoms with E-state index >= 15 is 0 Å². The molecule has 74 valence electrons. The van der Waals surface area contributed by atoms with E-state index in [0.29, 0.717) is 0 Å². The molecular formula is C13H12N2. The number of nitrogens with zero attached hydrogens (tertiary/aromatic N) is 2. The van der Waals surface area contributed by atoms with Crippen LogP contribution in [0.5, 0.6) is 0 Å². The van der Waals surface area contributed by atoms with Gasteiger partial charge in [0.2, 0.25) is 0 Å². The smallest absolute Gasteiger partial charge is 0.0449 e. The second-order valence-electron chi connectivity index (χ2n) is 3.07. The minimum atomic E-state index is 1.25. The van der Waals surface area contributed by atoms with Gasteiger partial charge in [0.1, 0.15) is 0 Å². The van der Waals surface area contributed by atoms with Crippen LogP contribution in [0.4, 0.5) is 0 Å². The first kappa shape index (κ1) is 9.46. The summed E-state index contributed by atoms with van der Waals surface area (Å²) in [6, 6.07) is 16.0. The molecule has 0 saturated carbocycles. The molecule has 0 fully saturated rings. The van der Waals surface area contributed by atoms with E-state index in [1.165, 1.54) is 5.52 Å². The summed E-state index contributed by atoms with van der Waals surface area (Å²) in [6.45, 7) is 0. The van der Waals surface area contributed by atoms with Gasteiger partial charge in [0.15, 0.2) is 0 Å². The number of hydrogen-bond donors (Lipinski definition) is 0. The quantitative estimate of drug-likeness (QED) is 0.540. The normalized spacial score (nSPS) is 9.33. The number of hydrogen-bond acceptors (Lipinski definition) is 1. The number of aromatic nitrogens is 2. The van der Waals surface area contributed by atoms with Gasteiger partial charge in [-0.2, -0.15) is 0 Å². The Balaban J connectivity index is 0.000000124. The van der Waals surface area contributed by atoms with E-state index in [1.54, 1.807) is 12.4 Å². The van der Waals surface area contributed by atoms with Crippen LogP contribution in [0.3, 0.4) is 0 Å². The van der Waals surface area contributed by atoms with Crippen LogP contribution >= 0.6 is 0 Å². The van der Waals surface area contributed by atoms with Gasteiger partial charge in [0.05, 0.1) is 0 Å². The van der Waals surface area contributed by atoms with E-state index in [9.17, 15) is 0 Å². The summed E-state index contributed by atoms with van der Waals surface area (Å²) in [5, 5.41) is 0. The molecular weight excluding hydrogens is 184 g/mol. The topological polar surface area (TPSA) is 17.3 Å². The summed E-state index contributed by atoms with van der Waals surface area (Å²) in [5.41, 5.74) is 1.25. The second kappa shape index (κ2) is 4.96. The van der Waals surface area contributed by atoms with Gasteiger partial charge >= 0.3 is 0 Å². The fourth-order valence-electron chi connectivity index (χ4n) is 1.29. The Morgan fingerprint density at radius 1 is 0.733 bits per heavy atom. The Morgan fingerprint density at radius 3 is 2.07 bits per heavy atom. The summed E-state index contributed by atoms with van der Waals surface area (Å²) in [6.07, 6.45) is 7.57. The largest absolute Gasteiger partial charge is 0.324 e. The van der Waals surface area contributed by atoms with Crippen LogP contribution in [0.2, 0.25) is 0 Å². The van der Waals surface area contributed by atoms with Crippen LogP contribution in [-0.4, -0.2) is 9.38 Å². The zero-order chi connectivity index (χ0) is 10.3. The van der Waals surface area contributed by atoms with Crippen LogP contribution in [0.1, 0.15) is 0 Å². The molecule has 0 atom stereocenters. The monoisotopic (exact) mass is 196 g/mol. The van der Waals surface area contributed by atoms with Crippen LogP contribution < -0.4 is 0 Å². The van der Waals surface area contributed by atoms with E-state index in [-0.39, 0.29) is 0 Å². The molecule has 0 bridgehead atoms. The van der Waals surface area contributed by atoms with Crippen molar-refractivity contribution >= 4 is 5.52 Å². The highest BCUT2D eigenvalue weighted by Gasteiger charge is 1.83. The molecule has 3 heterocycles. The molecule has 15 heavy (non-hydrogen) atoms. The Bertz CT molecular complexity index is 443. The summed E-state index contributed by atoms with van der Waals surface area (Å²) in [4.78, 5) is 3.78. The zero-order valence-corrected chi connectivity index (χ0v) is 8.32. The first-order chi connectivity index (χ1) is 7.47. The maximum absolute atomic E-state index is 3.78. The van der Waals surface area contributed by atoms with E-state index in [4.69, 9.17) is 0 Å². The Labute approximate surface area is 88.8 Å². The lowest BCUT2D eigenvalue weighted by Gasteiger charge is -1.88. The minimum absolute atomic E-state index is 1.25. The predicted molar refractivity (Wildman–Crippen MR) is 61.6 cm³/mol. The van der Waals surface area contributed by atoms with E-state index in [2.05, 4.69) is 21.5 Å². The third-order valence-corrected chi connectivity index (χ3v) is 2.00. The lowest BCUT2D eigenvalue weighted by Crippen LogP contribution is -1.75. The minimum Gasteiger partial charge on any atom is -0.324 e. The highest BCUT2D eigenvalue weighted by atomic mass is 14.8. The SMILES string of the molecule is c1ccn2cccc2c1.c1ccncc1. The van der Waals surface area contributed by atoms with Gasteiger partial charge < -0.3 is 4.40 Å². The van der Waals surface area contributed by atoms with Crippen LogP contribution in [-0.2, 0) is 0 Å². The van der Waals surface area contributed by atoms with Crippen molar-refractivity contribution < 1.29 is 0 Å². The van der Waals surface area contributed by atoms with E-state index in [0.717, 1.165) is 0 Å². The van der Waals surface area contributed by atoms with Gasteiger partial charge in [-0.1, -0.05) is 12.1 Å². The molecule has 0 radical (unpaired) electrons. The average Bonchev–Trinajstić information content (AvgIpc) is 2.80. The number of fused-ring (bicyclic) bond motifs is 1. The molecule has 3 aromatic rings. The molecule has 0 aliphatic heterocycles. The molecule has 0 amide bonds. The highest BCUT2D eigenvalue weighted by Crippen LogP contribution is 2.01. The third-order valence-electron chi connectivity index (χ3n) is 2.00. The molecule has 0 aliphatic rings. The van der Waals surface area contributed by atoms with E-state index < -0.39 is 0 Å². The molecule has 0 spiro atoms. The molecule has 0 unspecified atom stereocenters. The van der Waals surface area contributed by atoms with Gasteiger partial charge in [-0.25, -0.2) is 0 Å². The van der Waals surface area contributed by atoms with Gasteiger partial charge in [0, 0.05) is 30.3 Å². The third kappa shape index (κ3) is 2.68. The Kier molecular flexibility index (Phi) is 3.13. The van der Waals surface area contributed by atoms with E-state index in [1.807, 2.05) is 48.8 Å². The number of pyridine rings is 2. The molecule has 3 rings (SSSR count). The van der Waals surface area contributed by atoms with Crippen molar-refractivity contribution in [1.82, 2.24) is 9.38 Å². The summed E-state index contributed by atoms with van der Waals surface area (Å²) in [5.74, 6) is 0. The molecule has 2 heteroatoms. The molecule has 0 aromatic carbocycles. The van der Waals surface area contributed by atoms with Crippen molar-refractivity contribution in [2.45, 2.75) is 0 Å². The molecule has 0 N–H and O–H groups in total. The summed E-state index contributed by atoms with van der Waals surface area (Å²) in [7, 11) is 0. The summed E-state index contributed by atoms with van der Waals surface area (Å²) < 4.78 is 2.08. The molecule has 0 aliphatic carbocycles. The zero-order valence-electron chi connectivity index (χ0n) is 8.32. The van der Waals surface area contributed by atoms with Gasteiger partial charge in [-0.05, 0) is 36.4 Å². The van der Waals surface area contributed by atoms with Crippen LogP contribution in [0.15, 0.2) is 73.3 Å². The Hall–Kier alpha value is -2.09.